The largest absolute Gasteiger partial charge is 0.396 e. The van der Waals surface area contributed by atoms with Crippen molar-refractivity contribution in [3.63, 3.8) is 0 Å². The van der Waals surface area contributed by atoms with Crippen LogP contribution in [0.25, 0.3) is 0 Å². The van der Waals surface area contributed by atoms with Crippen molar-refractivity contribution < 1.29 is 5.11 Å². The van der Waals surface area contributed by atoms with Gasteiger partial charge in [-0.15, -0.1) is 0 Å². The van der Waals surface area contributed by atoms with Crippen molar-refractivity contribution in [2.45, 2.75) is 51.6 Å². The lowest BCUT2D eigenvalue weighted by Gasteiger charge is -2.21. The topological polar surface area (TPSA) is 72.1 Å². The summed E-state index contributed by atoms with van der Waals surface area (Å²) in [7, 11) is 0. The predicted molar refractivity (Wildman–Crippen MR) is 73.3 cm³/mol. The first kappa shape index (κ1) is 14.3. The van der Waals surface area contributed by atoms with E-state index in [4.69, 9.17) is 5.11 Å². The average molecular weight is 268 g/mol. The zero-order valence-electron chi connectivity index (χ0n) is 11.6. The lowest BCUT2D eigenvalue weighted by atomic mass is 9.99. The van der Waals surface area contributed by atoms with Crippen LogP contribution in [0.2, 0.25) is 0 Å². The van der Waals surface area contributed by atoms with Crippen molar-refractivity contribution in [1.29, 1.82) is 0 Å². The molecule has 0 radical (unpaired) electrons. The van der Waals surface area contributed by atoms with Crippen molar-refractivity contribution in [3.05, 3.63) is 16.3 Å². The van der Waals surface area contributed by atoms with Crippen LogP contribution >= 0.6 is 0 Å². The molecule has 0 aliphatic carbocycles. The number of aromatic nitrogens is 3. The fourth-order valence-corrected chi connectivity index (χ4v) is 2.65. The maximum atomic E-state index is 12.2. The molecular formula is C13H24N4O2. The molecule has 6 nitrogen and oxygen atoms in total. The summed E-state index contributed by atoms with van der Waals surface area (Å²) in [6.45, 7) is 5.39. The van der Waals surface area contributed by atoms with Crippen LogP contribution in [0, 0.1) is 0 Å². The number of hydrogen-bond acceptors (Lipinski definition) is 4. The third-order valence-corrected chi connectivity index (χ3v) is 3.71. The van der Waals surface area contributed by atoms with Crippen LogP contribution in [-0.4, -0.2) is 39.2 Å². The van der Waals surface area contributed by atoms with Gasteiger partial charge in [0.25, 0.3) is 0 Å². The van der Waals surface area contributed by atoms with E-state index < -0.39 is 0 Å². The number of unbranched alkanes of at least 4 members (excludes halogenated alkanes) is 1. The molecule has 1 aromatic heterocycles. The highest BCUT2D eigenvalue weighted by molar-refractivity contribution is 5.00. The van der Waals surface area contributed by atoms with Gasteiger partial charge in [-0.3, -0.25) is 4.57 Å². The Balaban J connectivity index is 2.17. The quantitative estimate of drug-likeness (QED) is 0.728. The molecular weight excluding hydrogens is 244 g/mol. The molecule has 19 heavy (non-hydrogen) atoms. The van der Waals surface area contributed by atoms with Crippen LogP contribution in [0.5, 0.6) is 0 Å². The van der Waals surface area contributed by atoms with E-state index in [0.29, 0.717) is 25.4 Å². The molecule has 0 spiro atoms. The Bertz CT molecular complexity index is 446. The van der Waals surface area contributed by atoms with E-state index in [9.17, 15) is 4.79 Å². The third-order valence-electron chi connectivity index (χ3n) is 3.71. The van der Waals surface area contributed by atoms with Crippen molar-refractivity contribution in [3.8, 4) is 0 Å². The molecule has 0 aromatic carbocycles. The minimum absolute atomic E-state index is 0.0130. The van der Waals surface area contributed by atoms with Crippen LogP contribution in [-0.2, 0) is 13.1 Å². The highest BCUT2D eigenvalue weighted by Gasteiger charge is 2.22. The summed E-state index contributed by atoms with van der Waals surface area (Å²) in [5.41, 5.74) is -0.0130. The minimum Gasteiger partial charge on any atom is -0.396 e. The second-order valence-electron chi connectivity index (χ2n) is 5.08. The molecule has 0 amide bonds. The number of aliphatic hydroxyl groups excluding tert-OH is 1. The van der Waals surface area contributed by atoms with Crippen molar-refractivity contribution >= 4 is 0 Å². The molecule has 2 heterocycles. The van der Waals surface area contributed by atoms with Gasteiger partial charge < -0.3 is 10.4 Å². The fraction of sp³-hybridized carbons (Fsp3) is 0.846. The average Bonchev–Trinajstić information content (AvgIpc) is 2.77. The lowest BCUT2D eigenvalue weighted by molar-refractivity contribution is 0.279. The van der Waals surface area contributed by atoms with Crippen molar-refractivity contribution in [1.82, 2.24) is 19.7 Å². The number of piperidine rings is 1. The molecule has 0 bridgehead atoms. The summed E-state index contributed by atoms with van der Waals surface area (Å²) in [5, 5.41) is 16.7. The van der Waals surface area contributed by atoms with Crippen LogP contribution in [0.15, 0.2) is 4.79 Å². The van der Waals surface area contributed by atoms with Gasteiger partial charge in [0.05, 0.1) is 0 Å². The number of nitrogens with zero attached hydrogens (tertiary/aromatic N) is 3. The maximum absolute atomic E-state index is 12.2. The van der Waals surface area contributed by atoms with E-state index in [1.165, 1.54) is 0 Å². The molecule has 1 aliphatic rings. The second kappa shape index (κ2) is 6.86. The highest BCUT2D eigenvalue weighted by Crippen LogP contribution is 2.20. The monoisotopic (exact) mass is 268 g/mol. The summed E-state index contributed by atoms with van der Waals surface area (Å²) < 4.78 is 3.35. The summed E-state index contributed by atoms with van der Waals surface area (Å²) in [6, 6.07) is 0. The van der Waals surface area contributed by atoms with Crippen LogP contribution in [0.3, 0.4) is 0 Å². The Labute approximate surface area is 113 Å². The summed E-state index contributed by atoms with van der Waals surface area (Å²) in [4.78, 5) is 12.2. The molecule has 1 fully saturated rings. The minimum atomic E-state index is -0.0130. The number of nitrogens with one attached hydrogen (secondary N) is 1. The van der Waals surface area contributed by atoms with Gasteiger partial charge in [0.1, 0.15) is 5.82 Å². The van der Waals surface area contributed by atoms with E-state index in [0.717, 1.165) is 38.2 Å². The van der Waals surface area contributed by atoms with Crippen molar-refractivity contribution in [2.24, 2.45) is 0 Å². The number of hydrogen-bond donors (Lipinski definition) is 2. The van der Waals surface area contributed by atoms with E-state index in [-0.39, 0.29) is 12.3 Å². The number of rotatable bonds is 6. The van der Waals surface area contributed by atoms with E-state index >= 15 is 0 Å². The van der Waals surface area contributed by atoms with Crippen LogP contribution < -0.4 is 11.0 Å². The molecule has 1 aliphatic heterocycles. The van der Waals surface area contributed by atoms with Gasteiger partial charge in [0, 0.05) is 32.2 Å². The zero-order valence-corrected chi connectivity index (χ0v) is 11.6. The molecule has 6 heteroatoms. The summed E-state index contributed by atoms with van der Waals surface area (Å²) in [6.07, 6.45) is 3.74. The first-order valence-corrected chi connectivity index (χ1v) is 7.27. The Kier molecular flexibility index (Phi) is 5.15. The first-order valence-electron chi connectivity index (χ1n) is 7.27. The summed E-state index contributed by atoms with van der Waals surface area (Å²) in [5.74, 6) is 1.27. The zero-order chi connectivity index (χ0) is 13.7. The van der Waals surface area contributed by atoms with Gasteiger partial charge >= 0.3 is 5.69 Å². The molecule has 2 rings (SSSR count). The first-order chi connectivity index (χ1) is 9.27. The van der Waals surface area contributed by atoms with Crippen LogP contribution in [0.4, 0.5) is 0 Å². The number of aliphatic hydroxyl groups is 1. The Morgan fingerprint density at radius 2 is 2.32 bits per heavy atom. The Morgan fingerprint density at radius 3 is 2.95 bits per heavy atom. The predicted octanol–water partition coefficient (Wildman–Crippen LogP) is 0.304. The van der Waals surface area contributed by atoms with Crippen molar-refractivity contribution in [2.75, 3.05) is 19.7 Å². The Hall–Kier alpha value is -1.14. The smallest absolute Gasteiger partial charge is 0.345 e. The molecule has 0 saturated carbocycles. The van der Waals surface area contributed by atoms with E-state index in [1.54, 1.807) is 9.25 Å². The van der Waals surface area contributed by atoms with E-state index in [1.807, 2.05) is 6.92 Å². The number of aryl methyl sites for hydroxylation is 1. The second-order valence-corrected chi connectivity index (χ2v) is 5.08. The van der Waals surface area contributed by atoms with Gasteiger partial charge in [0.15, 0.2) is 0 Å². The third kappa shape index (κ3) is 3.25. The SMILES string of the molecule is CCn1c(C2CCCNC2)nn(CCCCO)c1=O. The molecule has 1 aromatic rings. The molecule has 108 valence electrons. The van der Waals surface area contributed by atoms with Gasteiger partial charge in [-0.2, -0.15) is 5.10 Å². The van der Waals surface area contributed by atoms with Gasteiger partial charge in [0.2, 0.25) is 0 Å². The molecule has 1 unspecified atom stereocenters. The Morgan fingerprint density at radius 1 is 1.47 bits per heavy atom. The highest BCUT2D eigenvalue weighted by atomic mass is 16.3. The van der Waals surface area contributed by atoms with Gasteiger partial charge in [-0.05, 0) is 39.2 Å². The fourth-order valence-electron chi connectivity index (χ4n) is 2.65. The lowest BCUT2D eigenvalue weighted by Crippen LogP contribution is -2.31. The molecule has 2 N–H and O–H groups in total. The van der Waals surface area contributed by atoms with Gasteiger partial charge in [-0.25, -0.2) is 9.48 Å². The standard InChI is InChI=1S/C13H24N4O2/c1-2-16-12(11-6-5-7-14-10-11)15-17(13(16)19)8-3-4-9-18/h11,14,18H,2-10H2,1H3. The van der Waals surface area contributed by atoms with Gasteiger partial charge in [-0.1, -0.05) is 0 Å². The maximum Gasteiger partial charge on any atom is 0.345 e. The van der Waals surface area contributed by atoms with Crippen LogP contribution in [0.1, 0.15) is 44.3 Å². The van der Waals surface area contributed by atoms with E-state index in [2.05, 4.69) is 10.4 Å². The molecule has 1 saturated heterocycles. The summed E-state index contributed by atoms with van der Waals surface area (Å²) >= 11 is 0. The molecule has 1 atom stereocenters. The normalized spacial score (nSPS) is 19.8.